The molecule has 0 aliphatic heterocycles. The molecule has 1 aromatic carbocycles. The monoisotopic (exact) mass is 214 g/mol. The molecule has 0 aromatic heterocycles. The van der Waals surface area contributed by atoms with Gasteiger partial charge in [-0.3, -0.25) is 0 Å². The maximum atomic E-state index is 2.44. The summed E-state index contributed by atoms with van der Waals surface area (Å²) in [6, 6.07) is 10.8. The molecule has 16 heavy (non-hydrogen) atoms. The van der Waals surface area contributed by atoms with Gasteiger partial charge in [-0.05, 0) is 50.0 Å². The summed E-state index contributed by atoms with van der Waals surface area (Å²) >= 11 is 0. The molecule has 0 bridgehead atoms. The van der Waals surface area contributed by atoms with Gasteiger partial charge in [-0.2, -0.15) is 0 Å². The molecule has 1 unspecified atom stereocenters. The Bertz CT molecular complexity index is 310. The average Bonchev–Trinajstić information content (AvgIpc) is 2.37. The van der Waals surface area contributed by atoms with E-state index in [1.807, 2.05) is 0 Å². The topological polar surface area (TPSA) is 0 Å². The standard InChI is InChI=1S/C16H22/c1-3-9-15(10-4-1)13-7-8-14-16-11-5-2-6-12-16/h1,3-5,9-11,16H,2,6-8,12-14H2. The lowest BCUT2D eigenvalue weighted by molar-refractivity contribution is 0.480. The molecule has 0 nitrogen and oxygen atoms in total. The van der Waals surface area contributed by atoms with Crippen LogP contribution in [0.2, 0.25) is 0 Å². The van der Waals surface area contributed by atoms with E-state index >= 15 is 0 Å². The smallest absolute Gasteiger partial charge is 0.0233 e. The normalized spacial score (nSPS) is 19.9. The van der Waals surface area contributed by atoms with Gasteiger partial charge in [0.2, 0.25) is 0 Å². The van der Waals surface area contributed by atoms with Crippen LogP contribution in [0, 0.1) is 5.92 Å². The van der Waals surface area contributed by atoms with Crippen LogP contribution in [0.5, 0.6) is 0 Å². The molecule has 0 heterocycles. The Labute approximate surface area is 99.4 Å². The predicted octanol–water partition coefficient (Wildman–Crippen LogP) is 4.76. The Morgan fingerprint density at radius 2 is 1.94 bits per heavy atom. The minimum absolute atomic E-state index is 0.879. The molecule has 1 aromatic rings. The fourth-order valence-electron chi connectivity index (χ4n) is 2.50. The van der Waals surface area contributed by atoms with Gasteiger partial charge in [0.05, 0.1) is 0 Å². The molecule has 1 aliphatic carbocycles. The minimum atomic E-state index is 0.879. The third-order valence-corrected chi connectivity index (χ3v) is 3.49. The Kier molecular flexibility index (Phi) is 4.67. The summed E-state index contributed by atoms with van der Waals surface area (Å²) < 4.78 is 0. The fraction of sp³-hybridized carbons (Fsp3) is 0.500. The molecule has 0 spiro atoms. The van der Waals surface area contributed by atoms with E-state index in [0.717, 1.165) is 5.92 Å². The Hall–Kier alpha value is -1.04. The number of allylic oxidation sites excluding steroid dienone is 2. The van der Waals surface area contributed by atoms with Crippen LogP contribution in [-0.2, 0) is 6.42 Å². The number of unbranched alkanes of at least 4 members (excludes halogenated alkanes) is 1. The van der Waals surface area contributed by atoms with Crippen LogP contribution in [0.4, 0.5) is 0 Å². The summed E-state index contributed by atoms with van der Waals surface area (Å²) in [5.41, 5.74) is 1.49. The van der Waals surface area contributed by atoms with Gasteiger partial charge in [0.25, 0.3) is 0 Å². The van der Waals surface area contributed by atoms with Crippen LogP contribution in [0.25, 0.3) is 0 Å². The van der Waals surface area contributed by atoms with E-state index in [1.165, 1.54) is 50.5 Å². The third-order valence-electron chi connectivity index (χ3n) is 3.49. The largest absolute Gasteiger partial charge is 0.0883 e. The van der Waals surface area contributed by atoms with Crippen LogP contribution in [0.3, 0.4) is 0 Å². The highest BCUT2D eigenvalue weighted by Gasteiger charge is 2.07. The molecule has 0 heteroatoms. The van der Waals surface area contributed by atoms with Gasteiger partial charge in [0.1, 0.15) is 0 Å². The Balaban J connectivity index is 1.61. The molecule has 0 amide bonds. The number of hydrogen-bond acceptors (Lipinski definition) is 0. The molecule has 1 aliphatic rings. The highest BCUT2D eigenvalue weighted by molar-refractivity contribution is 5.14. The van der Waals surface area contributed by atoms with E-state index in [9.17, 15) is 0 Å². The quantitative estimate of drug-likeness (QED) is 0.490. The second-order valence-electron chi connectivity index (χ2n) is 4.85. The third kappa shape index (κ3) is 3.84. The van der Waals surface area contributed by atoms with Crippen molar-refractivity contribution < 1.29 is 0 Å². The molecule has 2 rings (SSSR count). The zero-order valence-corrected chi connectivity index (χ0v) is 10.1. The van der Waals surface area contributed by atoms with Crippen molar-refractivity contribution in [2.75, 3.05) is 0 Å². The highest BCUT2D eigenvalue weighted by Crippen LogP contribution is 2.22. The Morgan fingerprint density at radius 3 is 2.69 bits per heavy atom. The first-order valence-corrected chi connectivity index (χ1v) is 6.66. The van der Waals surface area contributed by atoms with E-state index < -0.39 is 0 Å². The minimum Gasteiger partial charge on any atom is -0.0883 e. The maximum absolute atomic E-state index is 2.44. The lowest BCUT2D eigenvalue weighted by Crippen LogP contribution is -2.00. The summed E-state index contributed by atoms with van der Waals surface area (Å²) in [5.74, 6) is 0.879. The molecule has 0 saturated carbocycles. The summed E-state index contributed by atoms with van der Waals surface area (Å²) in [6.07, 6.45) is 14.3. The number of benzene rings is 1. The first-order valence-electron chi connectivity index (χ1n) is 6.66. The molecule has 0 N–H and O–H groups in total. The van der Waals surface area contributed by atoms with Crippen molar-refractivity contribution in [1.29, 1.82) is 0 Å². The van der Waals surface area contributed by atoms with Gasteiger partial charge in [-0.15, -0.1) is 0 Å². The molecule has 0 radical (unpaired) electrons. The van der Waals surface area contributed by atoms with E-state index in [2.05, 4.69) is 42.5 Å². The van der Waals surface area contributed by atoms with Crippen molar-refractivity contribution in [2.45, 2.75) is 44.9 Å². The van der Waals surface area contributed by atoms with E-state index in [1.54, 1.807) is 0 Å². The van der Waals surface area contributed by atoms with Gasteiger partial charge in [0, 0.05) is 0 Å². The van der Waals surface area contributed by atoms with E-state index in [-0.39, 0.29) is 0 Å². The SMILES string of the molecule is C1=CC(CCCCc2ccccc2)CCC1. The first-order chi connectivity index (χ1) is 7.95. The van der Waals surface area contributed by atoms with Crippen LogP contribution in [0.15, 0.2) is 42.5 Å². The van der Waals surface area contributed by atoms with Gasteiger partial charge < -0.3 is 0 Å². The zero-order valence-electron chi connectivity index (χ0n) is 10.1. The van der Waals surface area contributed by atoms with E-state index in [0.29, 0.717) is 0 Å². The maximum Gasteiger partial charge on any atom is -0.0233 e. The second kappa shape index (κ2) is 6.52. The van der Waals surface area contributed by atoms with E-state index in [4.69, 9.17) is 0 Å². The van der Waals surface area contributed by atoms with Crippen molar-refractivity contribution in [1.82, 2.24) is 0 Å². The van der Waals surface area contributed by atoms with Gasteiger partial charge in [0.15, 0.2) is 0 Å². The van der Waals surface area contributed by atoms with Gasteiger partial charge in [-0.1, -0.05) is 48.9 Å². The van der Waals surface area contributed by atoms with Gasteiger partial charge in [-0.25, -0.2) is 0 Å². The summed E-state index contributed by atoms with van der Waals surface area (Å²) in [4.78, 5) is 0. The van der Waals surface area contributed by atoms with Crippen molar-refractivity contribution in [2.24, 2.45) is 5.92 Å². The molecular formula is C16H22. The van der Waals surface area contributed by atoms with Crippen LogP contribution < -0.4 is 0 Å². The number of rotatable bonds is 5. The van der Waals surface area contributed by atoms with Crippen molar-refractivity contribution in [3.63, 3.8) is 0 Å². The summed E-state index contributed by atoms with van der Waals surface area (Å²) in [5, 5.41) is 0. The molecule has 86 valence electrons. The summed E-state index contributed by atoms with van der Waals surface area (Å²) in [7, 11) is 0. The lowest BCUT2D eigenvalue weighted by Gasteiger charge is -2.15. The molecule has 0 fully saturated rings. The van der Waals surface area contributed by atoms with Crippen molar-refractivity contribution in [3.05, 3.63) is 48.0 Å². The lowest BCUT2D eigenvalue weighted by atomic mass is 9.91. The number of hydrogen-bond donors (Lipinski definition) is 0. The molecular weight excluding hydrogens is 192 g/mol. The summed E-state index contributed by atoms with van der Waals surface area (Å²) in [6.45, 7) is 0. The van der Waals surface area contributed by atoms with Gasteiger partial charge >= 0.3 is 0 Å². The van der Waals surface area contributed by atoms with Crippen LogP contribution in [-0.4, -0.2) is 0 Å². The predicted molar refractivity (Wildman–Crippen MR) is 70.5 cm³/mol. The zero-order chi connectivity index (χ0) is 11.1. The Morgan fingerprint density at radius 1 is 1.06 bits per heavy atom. The molecule has 1 atom stereocenters. The van der Waals surface area contributed by atoms with Crippen molar-refractivity contribution in [3.8, 4) is 0 Å². The number of aryl methyl sites for hydroxylation is 1. The second-order valence-corrected chi connectivity index (χ2v) is 4.85. The van der Waals surface area contributed by atoms with Crippen LogP contribution in [0.1, 0.15) is 44.1 Å². The fourth-order valence-corrected chi connectivity index (χ4v) is 2.50. The molecule has 0 saturated heterocycles. The average molecular weight is 214 g/mol. The highest BCUT2D eigenvalue weighted by atomic mass is 14.1. The first kappa shape index (κ1) is 11.4. The van der Waals surface area contributed by atoms with Crippen molar-refractivity contribution >= 4 is 0 Å². The van der Waals surface area contributed by atoms with Crippen LogP contribution >= 0.6 is 0 Å².